The molecule has 0 bridgehead atoms. The number of likely N-dealkylation sites (tertiary alicyclic amines) is 1. The van der Waals surface area contributed by atoms with Gasteiger partial charge in [0.1, 0.15) is 0 Å². The number of piperidine rings is 1. The van der Waals surface area contributed by atoms with E-state index in [2.05, 4.69) is 40.2 Å². The molecule has 1 aliphatic heterocycles. The molecule has 2 aromatic rings. The third-order valence-corrected chi connectivity index (χ3v) is 3.72. The van der Waals surface area contributed by atoms with Crippen LogP contribution in [0.5, 0.6) is 0 Å². The standard InChI is InChI=1S/C16H20N2/c1-2-11-18(12-3-1)13-14-6-8-15(9-7-14)16-5-4-10-17-16/h4-10,17H,1-3,11-13H2. The normalized spacial score (nSPS) is 16.9. The van der Waals surface area contributed by atoms with Gasteiger partial charge < -0.3 is 4.98 Å². The Kier molecular flexibility index (Phi) is 3.47. The van der Waals surface area contributed by atoms with Crippen LogP contribution in [0, 0.1) is 0 Å². The Morgan fingerprint density at radius 1 is 0.944 bits per heavy atom. The Labute approximate surface area is 109 Å². The van der Waals surface area contributed by atoms with Gasteiger partial charge in [-0.2, -0.15) is 0 Å². The van der Waals surface area contributed by atoms with Crippen molar-refractivity contribution in [3.8, 4) is 11.3 Å². The molecule has 0 aliphatic carbocycles. The van der Waals surface area contributed by atoms with E-state index in [9.17, 15) is 0 Å². The maximum Gasteiger partial charge on any atom is 0.0453 e. The van der Waals surface area contributed by atoms with E-state index in [4.69, 9.17) is 0 Å². The number of H-pyrrole nitrogens is 1. The van der Waals surface area contributed by atoms with Gasteiger partial charge in [0.15, 0.2) is 0 Å². The summed E-state index contributed by atoms with van der Waals surface area (Å²) in [7, 11) is 0. The zero-order valence-corrected chi connectivity index (χ0v) is 10.7. The van der Waals surface area contributed by atoms with Crippen LogP contribution in [-0.4, -0.2) is 23.0 Å². The number of aromatic amines is 1. The van der Waals surface area contributed by atoms with Crippen LogP contribution in [-0.2, 0) is 6.54 Å². The van der Waals surface area contributed by atoms with Crippen LogP contribution in [0.2, 0.25) is 0 Å². The first-order valence-corrected chi connectivity index (χ1v) is 6.87. The molecule has 3 rings (SSSR count). The van der Waals surface area contributed by atoms with Gasteiger partial charge in [0.2, 0.25) is 0 Å². The van der Waals surface area contributed by atoms with Gasteiger partial charge in [0.25, 0.3) is 0 Å². The second-order valence-corrected chi connectivity index (χ2v) is 5.12. The molecular weight excluding hydrogens is 220 g/mol. The molecule has 0 amide bonds. The summed E-state index contributed by atoms with van der Waals surface area (Å²) >= 11 is 0. The van der Waals surface area contributed by atoms with Gasteiger partial charge in [0, 0.05) is 18.4 Å². The monoisotopic (exact) mass is 240 g/mol. The van der Waals surface area contributed by atoms with Crippen molar-refractivity contribution in [1.82, 2.24) is 9.88 Å². The molecule has 1 N–H and O–H groups in total. The Bertz CT molecular complexity index is 464. The highest BCUT2D eigenvalue weighted by Gasteiger charge is 2.10. The predicted octanol–water partition coefficient (Wildman–Crippen LogP) is 3.67. The van der Waals surface area contributed by atoms with Crippen molar-refractivity contribution in [3.05, 3.63) is 48.2 Å². The highest BCUT2D eigenvalue weighted by Crippen LogP contribution is 2.19. The fourth-order valence-electron chi connectivity index (χ4n) is 2.68. The Balaban J connectivity index is 1.67. The van der Waals surface area contributed by atoms with Crippen molar-refractivity contribution < 1.29 is 0 Å². The number of aromatic nitrogens is 1. The zero-order valence-electron chi connectivity index (χ0n) is 10.7. The van der Waals surface area contributed by atoms with E-state index in [1.165, 1.54) is 49.2 Å². The molecule has 1 saturated heterocycles. The van der Waals surface area contributed by atoms with Crippen molar-refractivity contribution in [2.45, 2.75) is 25.8 Å². The van der Waals surface area contributed by atoms with Crippen LogP contribution in [0.15, 0.2) is 42.6 Å². The SMILES string of the molecule is c1c[nH]c(-c2ccc(CN3CCCCC3)cc2)c1. The number of hydrogen-bond acceptors (Lipinski definition) is 1. The minimum absolute atomic E-state index is 1.10. The molecular formula is C16H20N2. The highest BCUT2D eigenvalue weighted by molar-refractivity contribution is 5.59. The van der Waals surface area contributed by atoms with E-state index in [0.717, 1.165) is 6.54 Å². The highest BCUT2D eigenvalue weighted by atomic mass is 15.1. The number of hydrogen-bond donors (Lipinski definition) is 1. The van der Waals surface area contributed by atoms with Crippen molar-refractivity contribution >= 4 is 0 Å². The molecule has 2 heteroatoms. The maximum atomic E-state index is 3.24. The molecule has 1 aliphatic rings. The van der Waals surface area contributed by atoms with Gasteiger partial charge in [-0.05, 0) is 49.2 Å². The molecule has 18 heavy (non-hydrogen) atoms. The molecule has 0 unspecified atom stereocenters. The Morgan fingerprint density at radius 2 is 1.72 bits per heavy atom. The first-order chi connectivity index (χ1) is 8.92. The van der Waals surface area contributed by atoms with Gasteiger partial charge in [-0.1, -0.05) is 30.7 Å². The van der Waals surface area contributed by atoms with Crippen molar-refractivity contribution in [3.63, 3.8) is 0 Å². The summed E-state index contributed by atoms with van der Waals surface area (Å²) in [5.74, 6) is 0. The van der Waals surface area contributed by atoms with Crippen LogP contribution in [0.3, 0.4) is 0 Å². The minimum atomic E-state index is 1.10. The van der Waals surface area contributed by atoms with E-state index in [-0.39, 0.29) is 0 Å². The van der Waals surface area contributed by atoms with E-state index >= 15 is 0 Å². The van der Waals surface area contributed by atoms with Gasteiger partial charge in [-0.25, -0.2) is 0 Å². The van der Waals surface area contributed by atoms with Crippen molar-refractivity contribution in [2.24, 2.45) is 0 Å². The number of benzene rings is 1. The minimum Gasteiger partial charge on any atom is -0.361 e. The van der Waals surface area contributed by atoms with Crippen LogP contribution >= 0.6 is 0 Å². The quantitative estimate of drug-likeness (QED) is 0.867. The topological polar surface area (TPSA) is 19.0 Å². The molecule has 0 radical (unpaired) electrons. The zero-order chi connectivity index (χ0) is 12.2. The number of nitrogens with one attached hydrogen (secondary N) is 1. The van der Waals surface area contributed by atoms with Gasteiger partial charge >= 0.3 is 0 Å². The molecule has 94 valence electrons. The van der Waals surface area contributed by atoms with Crippen LogP contribution in [0.25, 0.3) is 11.3 Å². The van der Waals surface area contributed by atoms with Crippen LogP contribution < -0.4 is 0 Å². The van der Waals surface area contributed by atoms with Gasteiger partial charge in [0.05, 0.1) is 0 Å². The summed E-state index contributed by atoms with van der Waals surface area (Å²) in [6, 6.07) is 13.1. The predicted molar refractivity (Wildman–Crippen MR) is 75.4 cm³/mol. The molecule has 1 fully saturated rings. The second-order valence-electron chi connectivity index (χ2n) is 5.12. The molecule has 1 aromatic heterocycles. The number of nitrogens with zero attached hydrogens (tertiary/aromatic N) is 1. The molecule has 2 nitrogen and oxygen atoms in total. The lowest BCUT2D eigenvalue weighted by molar-refractivity contribution is 0.221. The van der Waals surface area contributed by atoms with Crippen molar-refractivity contribution in [2.75, 3.05) is 13.1 Å². The molecule has 0 saturated carbocycles. The van der Waals surface area contributed by atoms with Crippen LogP contribution in [0.1, 0.15) is 24.8 Å². The van der Waals surface area contributed by atoms with Crippen molar-refractivity contribution in [1.29, 1.82) is 0 Å². The van der Waals surface area contributed by atoms with Crippen LogP contribution in [0.4, 0.5) is 0 Å². The lowest BCUT2D eigenvalue weighted by atomic mass is 10.1. The average molecular weight is 240 g/mol. The van der Waals surface area contributed by atoms with E-state index in [1.54, 1.807) is 0 Å². The molecule has 2 heterocycles. The molecule has 0 atom stereocenters. The first kappa shape index (κ1) is 11.5. The summed E-state index contributed by atoms with van der Waals surface area (Å²) in [6.45, 7) is 3.63. The Hall–Kier alpha value is -1.54. The summed E-state index contributed by atoms with van der Waals surface area (Å²) in [5, 5.41) is 0. The van der Waals surface area contributed by atoms with E-state index in [1.807, 2.05) is 12.3 Å². The summed E-state index contributed by atoms with van der Waals surface area (Å²) in [5.41, 5.74) is 3.88. The lowest BCUT2D eigenvalue weighted by Crippen LogP contribution is -2.28. The summed E-state index contributed by atoms with van der Waals surface area (Å²) < 4.78 is 0. The third-order valence-electron chi connectivity index (χ3n) is 3.72. The first-order valence-electron chi connectivity index (χ1n) is 6.87. The number of rotatable bonds is 3. The largest absolute Gasteiger partial charge is 0.361 e. The fourth-order valence-corrected chi connectivity index (χ4v) is 2.68. The van der Waals surface area contributed by atoms with Gasteiger partial charge in [-0.15, -0.1) is 0 Å². The lowest BCUT2D eigenvalue weighted by Gasteiger charge is -2.26. The average Bonchev–Trinajstić information content (AvgIpc) is 2.95. The van der Waals surface area contributed by atoms with E-state index in [0.29, 0.717) is 0 Å². The fraction of sp³-hybridized carbons (Fsp3) is 0.375. The summed E-state index contributed by atoms with van der Waals surface area (Å²) in [4.78, 5) is 5.81. The van der Waals surface area contributed by atoms with E-state index < -0.39 is 0 Å². The second kappa shape index (κ2) is 5.40. The summed E-state index contributed by atoms with van der Waals surface area (Å²) in [6.07, 6.45) is 6.10. The Morgan fingerprint density at radius 3 is 2.39 bits per heavy atom. The molecule has 1 aromatic carbocycles. The third kappa shape index (κ3) is 2.65. The smallest absolute Gasteiger partial charge is 0.0453 e. The maximum absolute atomic E-state index is 3.24. The van der Waals surface area contributed by atoms with Gasteiger partial charge in [-0.3, -0.25) is 4.90 Å². The molecule has 0 spiro atoms.